The van der Waals surface area contributed by atoms with Crippen LogP contribution >= 0.6 is 11.8 Å². The lowest BCUT2D eigenvalue weighted by atomic mass is 9.89. The van der Waals surface area contributed by atoms with Crippen LogP contribution in [0.25, 0.3) is 22.3 Å². The van der Waals surface area contributed by atoms with E-state index in [0.717, 1.165) is 53.4 Å². The molecule has 0 saturated carbocycles. The third-order valence-electron chi connectivity index (χ3n) is 12.0. The van der Waals surface area contributed by atoms with Crippen molar-refractivity contribution in [3.05, 3.63) is 192 Å². The summed E-state index contributed by atoms with van der Waals surface area (Å²) in [5.74, 6) is -3.17. The van der Waals surface area contributed by atoms with E-state index in [0.29, 0.717) is 28.1 Å². The number of carbonyl (C=O) groups excluding carboxylic acids is 6. The number of allylic oxidation sites excluding steroid dienone is 1. The number of amides is 1. The van der Waals surface area contributed by atoms with Gasteiger partial charge in [-0.1, -0.05) is 127 Å². The predicted molar refractivity (Wildman–Crippen MR) is 267 cm³/mol. The number of nitrogens with zero attached hydrogens (tertiary/aromatic N) is 1. The smallest absolute Gasteiger partial charge is 0.303 e. The summed E-state index contributed by atoms with van der Waals surface area (Å²) in [6.07, 6.45) is -3.02. The quantitative estimate of drug-likeness (QED) is 0.0390. The van der Waals surface area contributed by atoms with Gasteiger partial charge in [0.1, 0.15) is 37.0 Å². The average molecular weight is 992 g/mol. The normalized spacial score (nSPS) is 20.7. The Morgan fingerprint density at radius 1 is 0.639 bits per heavy atom. The van der Waals surface area contributed by atoms with E-state index in [4.69, 9.17) is 28.4 Å². The Morgan fingerprint density at radius 3 is 1.85 bits per heavy atom. The van der Waals surface area contributed by atoms with E-state index in [1.165, 1.54) is 44.2 Å². The van der Waals surface area contributed by atoms with Gasteiger partial charge in [-0.05, 0) is 81.9 Å². The number of hydrogen-bond donors (Lipinski definition) is 0. The van der Waals surface area contributed by atoms with E-state index in [2.05, 4.69) is 0 Å². The van der Waals surface area contributed by atoms with Crippen molar-refractivity contribution in [1.29, 1.82) is 0 Å². The van der Waals surface area contributed by atoms with Gasteiger partial charge in [0.2, 0.25) is 0 Å². The number of benzene rings is 6. The molecular formula is C57H50FNO12S. The fraction of sp³-hybridized carbons (Fsp3) is 0.228. The van der Waals surface area contributed by atoms with E-state index >= 15 is 0 Å². The first-order valence-corrected chi connectivity index (χ1v) is 23.9. The van der Waals surface area contributed by atoms with Crippen LogP contribution in [0.2, 0.25) is 0 Å². The van der Waals surface area contributed by atoms with Gasteiger partial charge in [-0.2, -0.15) is 0 Å². The lowest BCUT2D eigenvalue weighted by Crippen LogP contribution is -2.59. The molecule has 2 aliphatic rings. The minimum atomic E-state index is -1.34. The molecule has 1 amide bonds. The maximum Gasteiger partial charge on any atom is 0.303 e. The summed E-state index contributed by atoms with van der Waals surface area (Å²) >= 11 is 1.08. The molecule has 7 atom stereocenters. The molecule has 2 aliphatic heterocycles. The highest BCUT2D eigenvalue weighted by Gasteiger charge is 2.52. The number of carbonyl (C=O) groups is 6. The van der Waals surface area contributed by atoms with Crippen LogP contribution in [-0.2, 0) is 49.5 Å². The minimum Gasteiger partial charge on any atom is -0.489 e. The highest BCUT2D eigenvalue weighted by molar-refractivity contribution is 8.15. The highest BCUT2D eigenvalue weighted by atomic mass is 32.2. The number of halogens is 1. The first-order valence-electron chi connectivity index (χ1n) is 23.1. The molecule has 368 valence electrons. The molecule has 72 heavy (non-hydrogen) atoms. The molecule has 2 saturated heterocycles. The maximum absolute atomic E-state index is 14.3. The summed E-state index contributed by atoms with van der Waals surface area (Å²) in [6.45, 7) is 4.53. The van der Waals surface area contributed by atoms with Crippen molar-refractivity contribution in [3.63, 3.8) is 0 Å². The minimum absolute atomic E-state index is 0.183. The van der Waals surface area contributed by atoms with E-state index in [9.17, 15) is 33.2 Å². The standard InChI is InChI=1S/C57H50FNO12S/c1-34(60)66-33-50-54(68-35(2)61)56(70-37(4)63)55(69-36(3)62)53(71-50)43-17-15-41(16-18-43)44-23-28-47(49(31-44)67-32-38-11-7-5-8-12-38)52-51(30-29-48(64)42-19-24-45(58)25-20-42)72-57(65)59(52)46-26-21-40(22-27-46)39-13-9-6-10-14-39/h5-31,50-56H,32-33H2,1-4H3/b30-29+/t50-,51-,52-,53?,54-,55+,56+/m1/s1. The van der Waals surface area contributed by atoms with Gasteiger partial charge in [0, 0.05) is 44.5 Å². The van der Waals surface area contributed by atoms with Crippen LogP contribution in [0.15, 0.2) is 164 Å². The van der Waals surface area contributed by atoms with Gasteiger partial charge in [-0.25, -0.2) is 4.39 Å². The maximum atomic E-state index is 14.3. The Bertz CT molecular complexity index is 2950. The summed E-state index contributed by atoms with van der Waals surface area (Å²) in [5, 5.41) is -0.825. The largest absolute Gasteiger partial charge is 0.489 e. The Balaban J connectivity index is 1.18. The van der Waals surface area contributed by atoms with Crippen molar-refractivity contribution >= 4 is 52.3 Å². The molecule has 13 nitrogen and oxygen atoms in total. The molecule has 1 unspecified atom stereocenters. The molecule has 0 spiro atoms. The number of esters is 4. The van der Waals surface area contributed by atoms with E-state index < -0.39 is 71.5 Å². The number of ether oxygens (including phenoxy) is 6. The second-order valence-electron chi connectivity index (χ2n) is 17.1. The van der Waals surface area contributed by atoms with E-state index in [1.807, 2.05) is 115 Å². The molecule has 0 aliphatic carbocycles. The van der Waals surface area contributed by atoms with Gasteiger partial charge >= 0.3 is 23.9 Å². The van der Waals surface area contributed by atoms with Crippen molar-refractivity contribution < 1.29 is 61.6 Å². The predicted octanol–water partition coefficient (Wildman–Crippen LogP) is 10.8. The van der Waals surface area contributed by atoms with Crippen LogP contribution in [0.3, 0.4) is 0 Å². The topological polar surface area (TPSA) is 161 Å². The molecule has 6 aromatic carbocycles. The zero-order chi connectivity index (χ0) is 50.9. The van der Waals surface area contributed by atoms with Crippen LogP contribution in [0.1, 0.15) is 66.9 Å². The lowest BCUT2D eigenvalue weighted by molar-refractivity contribution is -0.254. The number of rotatable bonds is 16. The highest BCUT2D eigenvalue weighted by Crippen LogP contribution is 2.49. The summed E-state index contributed by atoms with van der Waals surface area (Å²) < 4.78 is 49.1. The van der Waals surface area contributed by atoms with Gasteiger partial charge in [0.25, 0.3) is 5.24 Å². The van der Waals surface area contributed by atoms with Gasteiger partial charge in [0.15, 0.2) is 24.1 Å². The number of thioether (sulfide) groups is 1. The second-order valence-corrected chi connectivity index (χ2v) is 18.2. The SMILES string of the molecule is CC(=O)OC[C@H]1OC(c2ccc(-c3ccc([C@@H]4[C@@H](/C=C/C(=O)c5ccc(F)cc5)SC(=O)N4c4ccc(-c5ccccc5)cc4)c(OCc4ccccc4)c3)cc2)[C@H](OC(C)=O)[C@@H](OC(C)=O)[C@@H]1OC(C)=O. The molecule has 2 fully saturated rings. The van der Waals surface area contributed by atoms with Crippen molar-refractivity contribution in [2.24, 2.45) is 0 Å². The van der Waals surface area contributed by atoms with Crippen molar-refractivity contribution in [3.8, 4) is 28.0 Å². The van der Waals surface area contributed by atoms with Gasteiger partial charge in [0.05, 0.1) is 11.3 Å². The van der Waals surface area contributed by atoms with E-state index in [1.54, 1.807) is 23.1 Å². The molecule has 0 aromatic heterocycles. The van der Waals surface area contributed by atoms with Crippen LogP contribution in [0, 0.1) is 5.82 Å². The zero-order valence-corrected chi connectivity index (χ0v) is 40.5. The van der Waals surface area contributed by atoms with Crippen LogP contribution in [0.5, 0.6) is 5.75 Å². The molecular weight excluding hydrogens is 942 g/mol. The molecule has 8 rings (SSSR count). The molecule has 0 N–H and O–H groups in total. The van der Waals surface area contributed by atoms with Crippen molar-refractivity contribution in [2.75, 3.05) is 11.5 Å². The van der Waals surface area contributed by atoms with Gasteiger partial charge < -0.3 is 28.4 Å². The monoisotopic (exact) mass is 991 g/mol. The molecule has 2 heterocycles. The average Bonchev–Trinajstić information content (AvgIpc) is 3.70. The van der Waals surface area contributed by atoms with Crippen LogP contribution in [-0.4, -0.2) is 71.2 Å². The Labute approximate surface area is 419 Å². The third-order valence-corrected chi connectivity index (χ3v) is 13.1. The summed E-state index contributed by atoms with van der Waals surface area (Å²) in [7, 11) is 0. The lowest BCUT2D eigenvalue weighted by Gasteiger charge is -2.44. The Morgan fingerprint density at radius 2 is 1.21 bits per heavy atom. The first-order chi connectivity index (χ1) is 34.7. The second kappa shape index (κ2) is 22.9. The zero-order valence-electron chi connectivity index (χ0n) is 39.7. The number of anilines is 1. The molecule has 6 aromatic rings. The molecule has 0 bridgehead atoms. The van der Waals surface area contributed by atoms with E-state index in [-0.39, 0.29) is 24.2 Å². The third kappa shape index (κ3) is 12.2. The van der Waals surface area contributed by atoms with Crippen molar-refractivity contribution in [2.45, 2.75) is 76.1 Å². The Kier molecular flexibility index (Phi) is 16.1. The van der Waals surface area contributed by atoms with Crippen LogP contribution < -0.4 is 9.64 Å². The van der Waals surface area contributed by atoms with Crippen LogP contribution in [0.4, 0.5) is 14.9 Å². The fourth-order valence-electron chi connectivity index (χ4n) is 8.74. The first kappa shape index (κ1) is 50.5. The number of hydrogen-bond acceptors (Lipinski definition) is 13. The number of ketones is 1. The molecule has 15 heteroatoms. The van der Waals surface area contributed by atoms with Gasteiger partial charge in [-0.15, -0.1) is 0 Å². The van der Waals surface area contributed by atoms with Gasteiger partial charge in [-0.3, -0.25) is 33.7 Å². The summed E-state index contributed by atoms with van der Waals surface area (Å²) in [6, 6.07) is 44.7. The molecule has 0 radical (unpaired) electrons. The fourth-order valence-corrected chi connectivity index (χ4v) is 9.86. The van der Waals surface area contributed by atoms with Crippen molar-refractivity contribution in [1.82, 2.24) is 0 Å². The summed E-state index contributed by atoms with van der Waals surface area (Å²) in [4.78, 5) is 78.7. The Hall–Kier alpha value is -7.88. The summed E-state index contributed by atoms with van der Waals surface area (Å²) in [5.41, 5.74) is 6.42.